The highest BCUT2D eigenvalue weighted by Gasteiger charge is 2.23. The summed E-state index contributed by atoms with van der Waals surface area (Å²) in [5.41, 5.74) is 6.69. The first-order valence-corrected chi connectivity index (χ1v) is 5.16. The Morgan fingerprint density at radius 3 is 3.00 bits per heavy atom. The van der Waals surface area contributed by atoms with Crippen molar-refractivity contribution >= 4 is 11.6 Å². The monoisotopic (exact) mass is 222 g/mol. The molecule has 3 N–H and O–H groups in total. The number of carbonyl (C=O) groups is 1. The number of anilines is 1. The van der Waals surface area contributed by atoms with Gasteiger partial charge in [-0.1, -0.05) is 12.1 Å². The third kappa shape index (κ3) is 2.06. The number of benzene rings is 1. The Kier molecular flexibility index (Phi) is 3.19. The van der Waals surface area contributed by atoms with Crippen LogP contribution in [0.2, 0.25) is 0 Å². The van der Waals surface area contributed by atoms with Crippen LogP contribution < -0.4 is 10.8 Å². The normalized spacial score (nSPS) is 17.9. The number of amides is 1. The van der Waals surface area contributed by atoms with Crippen LogP contribution in [0.4, 0.5) is 5.69 Å². The van der Waals surface area contributed by atoms with Crippen molar-refractivity contribution in [2.75, 3.05) is 18.2 Å². The number of aliphatic hydroxyl groups is 1. The van der Waals surface area contributed by atoms with Gasteiger partial charge in [-0.3, -0.25) is 9.63 Å². The van der Waals surface area contributed by atoms with Crippen LogP contribution in [0.25, 0.3) is 0 Å². The molecule has 0 aromatic heterocycles. The number of rotatable bonds is 3. The maximum atomic E-state index is 11.4. The minimum absolute atomic E-state index is 0.0700. The first-order valence-electron chi connectivity index (χ1n) is 5.16. The van der Waals surface area contributed by atoms with E-state index in [0.29, 0.717) is 24.3 Å². The first kappa shape index (κ1) is 11.1. The summed E-state index contributed by atoms with van der Waals surface area (Å²) in [6.07, 6.45) is -0.318. The average molecular weight is 222 g/mol. The fourth-order valence-corrected chi connectivity index (χ4v) is 1.61. The van der Waals surface area contributed by atoms with Gasteiger partial charge in [0.15, 0.2) is 0 Å². The van der Waals surface area contributed by atoms with E-state index in [9.17, 15) is 9.90 Å². The zero-order valence-corrected chi connectivity index (χ0v) is 8.80. The smallest absolute Gasteiger partial charge is 0.253 e. The summed E-state index contributed by atoms with van der Waals surface area (Å²) in [5.74, 6) is -0.0700. The van der Waals surface area contributed by atoms with Crippen molar-refractivity contribution in [2.45, 2.75) is 12.5 Å². The summed E-state index contributed by atoms with van der Waals surface area (Å²) >= 11 is 0. The molecular formula is C11H14N2O3. The molecule has 0 radical (unpaired) electrons. The molecule has 1 atom stereocenters. The minimum atomic E-state index is -0.711. The zero-order valence-electron chi connectivity index (χ0n) is 8.80. The molecule has 1 fully saturated rings. The molecule has 5 nitrogen and oxygen atoms in total. The van der Waals surface area contributed by atoms with Crippen molar-refractivity contribution < 1.29 is 14.7 Å². The Balaban J connectivity index is 2.25. The summed E-state index contributed by atoms with van der Waals surface area (Å²) in [6, 6.07) is 7.00. The Morgan fingerprint density at radius 2 is 2.38 bits per heavy atom. The molecule has 1 unspecified atom stereocenters. The molecule has 1 aromatic carbocycles. The van der Waals surface area contributed by atoms with E-state index >= 15 is 0 Å². The van der Waals surface area contributed by atoms with E-state index in [4.69, 9.17) is 10.6 Å². The second-order valence-electron chi connectivity index (χ2n) is 3.62. The summed E-state index contributed by atoms with van der Waals surface area (Å²) in [5, 5.41) is 10.8. The highest BCUT2D eigenvalue weighted by atomic mass is 16.7. The van der Waals surface area contributed by atoms with Gasteiger partial charge in [0.05, 0.1) is 24.8 Å². The van der Waals surface area contributed by atoms with Gasteiger partial charge in [0.2, 0.25) is 0 Å². The van der Waals surface area contributed by atoms with Crippen LogP contribution in [0.3, 0.4) is 0 Å². The minimum Gasteiger partial charge on any atom is -0.387 e. The van der Waals surface area contributed by atoms with Gasteiger partial charge in [0, 0.05) is 6.54 Å². The standard InChI is InChI=1S/C11H14N2O3/c12-7-10(14)8-2-1-3-9(6-8)13-11(15)4-5-16-13/h1-3,6,10,14H,4-5,7,12H2. The molecule has 1 aromatic rings. The summed E-state index contributed by atoms with van der Waals surface area (Å²) in [4.78, 5) is 16.6. The summed E-state index contributed by atoms with van der Waals surface area (Å²) in [7, 11) is 0. The van der Waals surface area contributed by atoms with Crippen LogP contribution in [-0.4, -0.2) is 24.2 Å². The van der Waals surface area contributed by atoms with Crippen molar-refractivity contribution in [1.82, 2.24) is 0 Å². The lowest BCUT2D eigenvalue weighted by Crippen LogP contribution is -2.22. The Morgan fingerprint density at radius 1 is 1.56 bits per heavy atom. The molecule has 0 spiro atoms. The second kappa shape index (κ2) is 4.61. The van der Waals surface area contributed by atoms with Crippen molar-refractivity contribution in [3.8, 4) is 0 Å². The molecule has 1 amide bonds. The van der Waals surface area contributed by atoms with Crippen LogP contribution in [0.15, 0.2) is 24.3 Å². The van der Waals surface area contributed by atoms with E-state index in [1.807, 2.05) is 0 Å². The number of nitrogens with zero attached hydrogens (tertiary/aromatic N) is 1. The third-order valence-electron chi connectivity index (χ3n) is 2.48. The van der Waals surface area contributed by atoms with Crippen molar-refractivity contribution in [2.24, 2.45) is 5.73 Å². The zero-order chi connectivity index (χ0) is 11.5. The maximum Gasteiger partial charge on any atom is 0.253 e. The maximum absolute atomic E-state index is 11.4. The van der Waals surface area contributed by atoms with Gasteiger partial charge >= 0.3 is 0 Å². The largest absolute Gasteiger partial charge is 0.387 e. The third-order valence-corrected chi connectivity index (χ3v) is 2.48. The van der Waals surface area contributed by atoms with Gasteiger partial charge in [-0.15, -0.1) is 0 Å². The number of hydroxylamine groups is 1. The van der Waals surface area contributed by atoms with Crippen LogP contribution in [0.1, 0.15) is 18.1 Å². The van der Waals surface area contributed by atoms with Gasteiger partial charge in [-0.05, 0) is 17.7 Å². The highest BCUT2D eigenvalue weighted by Crippen LogP contribution is 2.23. The Bertz CT molecular complexity index is 395. The van der Waals surface area contributed by atoms with Crippen LogP contribution in [-0.2, 0) is 9.63 Å². The second-order valence-corrected chi connectivity index (χ2v) is 3.62. The van der Waals surface area contributed by atoms with Gasteiger partial charge < -0.3 is 10.8 Å². The van der Waals surface area contributed by atoms with E-state index < -0.39 is 6.10 Å². The van der Waals surface area contributed by atoms with Crippen molar-refractivity contribution in [3.05, 3.63) is 29.8 Å². The molecular weight excluding hydrogens is 208 g/mol. The highest BCUT2D eigenvalue weighted by molar-refractivity contribution is 5.92. The molecule has 2 rings (SSSR count). The molecule has 0 bridgehead atoms. The predicted octanol–water partition coefficient (Wildman–Crippen LogP) is 0.347. The predicted molar refractivity (Wildman–Crippen MR) is 58.5 cm³/mol. The van der Waals surface area contributed by atoms with Gasteiger partial charge in [-0.2, -0.15) is 5.06 Å². The topological polar surface area (TPSA) is 75.8 Å². The number of hydrogen-bond donors (Lipinski definition) is 2. The number of nitrogens with two attached hydrogens (primary N) is 1. The summed E-state index contributed by atoms with van der Waals surface area (Å²) in [6.45, 7) is 0.556. The number of carbonyl (C=O) groups excluding carboxylic acids is 1. The molecule has 1 aliphatic rings. The van der Waals surface area contributed by atoms with E-state index in [-0.39, 0.29) is 12.5 Å². The van der Waals surface area contributed by atoms with E-state index in [0.717, 1.165) is 0 Å². The molecule has 0 saturated carbocycles. The quantitative estimate of drug-likeness (QED) is 0.773. The molecule has 0 aliphatic carbocycles. The van der Waals surface area contributed by atoms with Crippen molar-refractivity contribution in [1.29, 1.82) is 0 Å². The molecule has 1 heterocycles. The van der Waals surface area contributed by atoms with Crippen LogP contribution >= 0.6 is 0 Å². The molecule has 86 valence electrons. The first-order chi connectivity index (χ1) is 7.72. The van der Waals surface area contributed by atoms with Gasteiger partial charge in [0.1, 0.15) is 0 Å². The van der Waals surface area contributed by atoms with E-state index in [1.54, 1.807) is 24.3 Å². The Labute approximate surface area is 93.4 Å². The molecule has 16 heavy (non-hydrogen) atoms. The number of aliphatic hydroxyl groups excluding tert-OH is 1. The van der Waals surface area contributed by atoms with Crippen LogP contribution in [0, 0.1) is 0 Å². The fourth-order valence-electron chi connectivity index (χ4n) is 1.61. The van der Waals surface area contributed by atoms with Crippen molar-refractivity contribution in [3.63, 3.8) is 0 Å². The summed E-state index contributed by atoms with van der Waals surface area (Å²) < 4.78 is 0. The molecule has 1 saturated heterocycles. The lowest BCUT2D eigenvalue weighted by Gasteiger charge is -2.16. The molecule has 5 heteroatoms. The fraction of sp³-hybridized carbons (Fsp3) is 0.364. The lowest BCUT2D eigenvalue weighted by molar-refractivity contribution is -0.119. The van der Waals surface area contributed by atoms with E-state index in [2.05, 4.69) is 0 Å². The van der Waals surface area contributed by atoms with E-state index in [1.165, 1.54) is 5.06 Å². The lowest BCUT2D eigenvalue weighted by atomic mass is 10.1. The van der Waals surface area contributed by atoms with Crippen LogP contribution in [0.5, 0.6) is 0 Å². The van der Waals surface area contributed by atoms with Gasteiger partial charge in [0.25, 0.3) is 5.91 Å². The Hall–Kier alpha value is -1.43. The van der Waals surface area contributed by atoms with Gasteiger partial charge in [-0.25, -0.2) is 0 Å². The number of hydrogen-bond acceptors (Lipinski definition) is 4. The average Bonchev–Trinajstić information content (AvgIpc) is 2.74. The molecule has 1 aliphatic heterocycles. The SMILES string of the molecule is NCC(O)c1cccc(N2OCCC2=O)c1.